The number of benzene rings is 1. The number of halogens is 1. The van der Waals surface area contributed by atoms with Crippen LogP contribution in [0.5, 0.6) is 5.75 Å². The van der Waals surface area contributed by atoms with Gasteiger partial charge in [-0.05, 0) is 62.9 Å². The summed E-state index contributed by atoms with van der Waals surface area (Å²) in [6.07, 6.45) is 0. The summed E-state index contributed by atoms with van der Waals surface area (Å²) in [7, 11) is 1.71. The zero-order chi connectivity index (χ0) is 14.6. The van der Waals surface area contributed by atoms with Crippen molar-refractivity contribution in [3.8, 4) is 5.75 Å². The molecular formula is C16H26ClNO. The molecule has 0 aliphatic heterocycles. The normalized spacial score (nSPS) is 15.1. The van der Waals surface area contributed by atoms with E-state index >= 15 is 0 Å². The molecule has 108 valence electrons. The van der Waals surface area contributed by atoms with Crippen LogP contribution in [-0.2, 0) is 0 Å². The van der Waals surface area contributed by atoms with E-state index in [0.29, 0.717) is 11.8 Å². The van der Waals surface area contributed by atoms with E-state index in [1.54, 1.807) is 7.11 Å². The van der Waals surface area contributed by atoms with Gasteiger partial charge in [0.25, 0.3) is 0 Å². The van der Waals surface area contributed by atoms with Crippen LogP contribution in [0.1, 0.15) is 46.1 Å². The molecule has 0 saturated carbocycles. The Morgan fingerprint density at radius 2 is 1.89 bits per heavy atom. The van der Waals surface area contributed by atoms with Crippen molar-refractivity contribution in [1.82, 2.24) is 5.32 Å². The first-order valence-electron chi connectivity index (χ1n) is 6.83. The Labute approximate surface area is 122 Å². The van der Waals surface area contributed by atoms with Crippen LogP contribution >= 0.6 is 11.6 Å². The third-order valence-corrected chi connectivity index (χ3v) is 3.73. The van der Waals surface area contributed by atoms with Gasteiger partial charge in [-0.3, -0.25) is 0 Å². The Morgan fingerprint density at radius 1 is 1.26 bits per heavy atom. The molecule has 0 aromatic heterocycles. The van der Waals surface area contributed by atoms with Crippen molar-refractivity contribution in [2.75, 3.05) is 13.7 Å². The quantitative estimate of drug-likeness (QED) is 0.860. The van der Waals surface area contributed by atoms with Crippen molar-refractivity contribution in [1.29, 1.82) is 0 Å². The first-order chi connectivity index (χ1) is 8.74. The fourth-order valence-electron chi connectivity index (χ4n) is 2.01. The Kier molecular flexibility index (Phi) is 5.69. The lowest BCUT2D eigenvalue weighted by molar-refractivity contribution is 0.350. The third kappa shape index (κ3) is 5.04. The second kappa shape index (κ2) is 6.62. The van der Waals surface area contributed by atoms with Crippen molar-refractivity contribution >= 4 is 11.6 Å². The van der Waals surface area contributed by atoms with Crippen LogP contribution in [0.15, 0.2) is 18.2 Å². The van der Waals surface area contributed by atoms with Gasteiger partial charge >= 0.3 is 0 Å². The minimum Gasteiger partial charge on any atom is -0.496 e. The maximum Gasteiger partial charge on any atom is 0.122 e. The van der Waals surface area contributed by atoms with E-state index in [1.807, 2.05) is 18.2 Å². The van der Waals surface area contributed by atoms with Gasteiger partial charge in [-0.2, -0.15) is 0 Å². The van der Waals surface area contributed by atoms with Crippen LogP contribution in [0.4, 0.5) is 0 Å². The summed E-state index contributed by atoms with van der Waals surface area (Å²) < 4.78 is 5.44. The molecule has 0 bridgehead atoms. The molecule has 1 N–H and O–H groups in total. The number of methoxy groups -OCH3 is 1. The first kappa shape index (κ1) is 16.3. The minimum absolute atomic E-state index is 0.145. The molecule has 0 radical (unpaired) electrons. The molecule has 0 saturated heterocycles. The fourth-order valence-corrected chi connectivity index (χ4v) is 2.19. The number of rotatable bonds is 5. The maximum atomic E-state index is 6.10. The highest BCUT2D eigenvalue weighted by atomic mass is 35.5. The summed E-state index contributed by atoms with van der Waals surface area (Å²) in [5.41, 5.74) is 1.32. The van der Waals surface area contributed by atoms with E-state index in [0.717, 1.165) is 17.3 Å². The van der Waals surface area contributed by atoms with Crippen molar-refractivity contribution in [2.45, 2.75) is 46.1 Å². The zero-order valence-electron chi connectivity index (χ0n) is 12.9. The lowest BCUT2D eigenvalue weighted by Gasteiger charge is -2.27. The van der Waals surface area contributed by atoms with E-state index < -0.39 is 0 Å². The summed E-state index contributed by atoms with van der Waals surface area (Å²) >= 11 is 6.10. The molecule has 0 heterocycles. The van der Waals surface area contributed by atoms with E-state index in [1.165, 1.54) is 5.56 Å². The van der Waals surface area contributed by atoms with Gasteiger partial charge < -0.3 is 10.1 Å². The van der Waals surface area contributed by atoms with Gasteiger partial charge in [0.15, 0.2) is 0 Å². The molecule has 19 heavy (non-hydrogen) atoms. The second-order valence-electron chi connectivity index (χ2n) is 6.28. The summed E-state index contributed by atoms with van der Waals surface area (Å²) in [5, 5.41) is 4.31. The van der Waals surface area contributed by atoms with Crippen molar-refractivity contribution in [3.63, 3.8) is 0 Å². The van der Waals surface area contributed by atoms with Crippen molar-refractivity contribution in [3.05, 3.63) is 28.8 Å². The highest BCUT2D eigenvalue weighted by Crippen LogP contribution is 2.33. The topological polar surface area (TPSA) is 21.3 Å². The second-order valence-corrected chi connectivity index (χ2v) is 6.72. The van der Waals surface area contributed by atoms with Gasteiger partial charge in [0.05, 0.1) is 7.11 Å². The van der Waals surface area contributed by atoms with Gasteiger partial charge in [-0.25, -0.2) is 0 Å². The molecule has 0 aliphatic carbocycles. The highest BCUT2D eigenvalue weighted by Gasteiger charge is 2.20. The molecule has 2 unspecified atom stereocenters. The van der Waals surface area contributed by atoms with Crippen LogP contribution in [-0.4, -0.2) is 19.2 Å². The largest absolute Gasteiger partial charge is 0.496 e. The number of ether oxygens (including phenoxy) is 1. The maximum absolute atomic E-state index is 6.10. The number of nitrogens with one attached hydrogen (secondary N) is 1. The van der Waals surface area contributed by atoms with Crippen LogP contribution in [0.3, 0.4) is 0 Å². The minimum atomic E-state index is 0.145. The zero-order valence-corrected chi connectivity index (χ0v) is 13.6. The van der Waals surface area contributed by atoms with Crippen LogP contribution in [0, 0.1) is 5.92 Å². The van der Waals surface area contributed by atoms with E-state index in [4.69, 9.17) is 16.3 Å². The molecule has 1 rings (SSSR count). The van der Waals surface area contributed by atoms with Gasteiger partial charge in [-0.15, -0.1) is 0 Å². The molecule has 2 nitrogen and oxygen atoms in total. The SMILES string of the molecule is COc1ccc(Cl)cc1C(C)C(C)CNC(C)(C)C. The van der Waals surface area contributed by atoms with Crippen LogP contribution in [0.25, 0.3) is 0 Å². The predicted molar refractivity (Wildman–Crippen MR) is 83.3 cm³/mol. The summed E-state index contributed by atoms with van der Waals surface area (Å²) in [5.74, 6) is 1.81. The Bertz CT molecular complexity index is 412. The van der Waals surface area contributed by atoms with Crippen molar-refractivity contribution in [2.24, 2.45) is 5.92 Å². The Morgan fingerprint density at radius 3 is 2.42 bits per heavy atom. The van der Waals surface area contributed by atoms with Gasteiger partial charge in [-0.1, -0.05) is 25.4 Å². The average Bonchev–Trinajstić information content (AvgIpc) is 2.34. The molecule has 1 aromatic rings. The Balaban J connectivity index is 2.81. The van der Waals surface area contributed by atoms with Crippen molar-refractivity contribution < 1.29 is 4.74 Å². The molecule has 0 fully saturated rings. The van der Waals surface area contributed by atoms with Gasteiger partial charge in [0.1, 0.15) is 5.75 Å². The molecule has 0 spiro atoms. The predicted octanol–water partition coefficient (Wildman–Crippen LogP) is 4.48. The van der Waals surface area contributed by atoms with E-state index in [2.05, 4.69) is 39.9 Å². The Hall–Kier alpha value is -0.730. The summed E-state index contributed by atoms with van der Waals surface area (Å²) in [6.45, 7) is 12.0. The number of hydrogen-bond donors (Lipinski definition) is 1. The molecule has 0 amide bonds. The van der Waals surface area contributed by atoms with E-state index in [9.17, 15) is 0 Å². The fraction of sp³-hybridized carbons (Fsp3) is 0.625. The van der Waals surface area contributed by atoms with Gasteiger partial charge in [0.2, 0.25) is 0 Å². The monoisotopic (exact) mass is 283 g/mol. The lowest BCUT2D eigenvalue weighted by atomic mass is 9.87. The van der Waals surface area contributed by atoms with E-state index in [-0.39, 0.29) is 5.54 Å². The summed E-state index contributed by atoms with van der Waals surface area (Å²) in [4.78, 5) is 0. The van der Waals surface area contributed by atoms with Crippen LogP contribution in [0.2, 0.25) is 5.02 Å². The standard InChI is InChI=1S/C16H26ClNO/c1-11(10-18-16(3,4)5)12(2)14-9-13(17)7-8-15(14)19-6/h7-9,11-12,18H,10H2,1-6H3. The lowest BCUT2D eigenvalue weighted by Crippen LogP contribution is -2.39. The third-order valence-electron chi connectivity index (χ3n) is 3.49. The molecule has 1 aromatic carbocycles. The molecule has 2 atom stereocenters. The number of hydrogen-bond acceptors (Lipinski definition) is 2. The highest BCUT2D eigenvalue weighted by molar-refractivity contribution is 6.30. The average molecular weight is 284 g/mol. The summed E-state index contributed by atoms with van der Waals surface area (Å²) in [6, 6.07) is 5.82. The molecule has 0 aliphatic rings. The van der Waals surface area contributed by atoms with Gasteiger partial charge in [0, 0.05) is 10.6 Å². The first-order valence-corrected chi connectivity index (χ1v) is 7.21. The smallest absolute Gasteiger partial charge is 0.122 e. The molecular weight excluding hydrogens is 258 g/mol. The molecule has 3 heteroatoms. The van der Waals surface area contributed by atoms with Crippen LogP contribution < -0.4 is 10.1 Å².